The number of aliphatic carboxylic acids is 1. The van der Waals surface area contributed by atoms with Crippen molar-refractivity contribution in [3.05, 3.63) is 29.6 Å². The third-order valence-corrected chi connectivity index (χ3v) is 3.60. The van der Waals surface area contributed by atoms with Crippen LogP contribution in [-0.2, 0) is 16.1 Å². The summed E-state index contributed by atoms with van der Waals surface area (Å²) in [6, 6.07) is 3.76. The van der Waals surface area contributed by atoms with Gasteiger partial charge in [-0.1, -0.05) is 6.07 Å². The van der Waals surface area contributed by atoms with Gasteiger partial charge in [0.2, 0.25) is 5.91 Å². The maximum atomic E-state index is 12.1. The molecule has 0 saturated carbocycles. The summed E-state index contributed by atoms with van der Waals surface area (Å²) in [5.74, 6) is -1.06. The minimum Gasteiger partial charge on any atom is -0.481 e. The standard InChI is InChI=1S/C14H19N3O3/c15-9-11-10(3-1-7-16-11)12-4-2-8-17(12)13(18)5-6-14(19)20/h1,3,7,12H,2,4-6,8-9,15H2,(H,19,20)/t12-/m0/s1. The van der Waals surface area contributed by atoms with Crippen molar-refractivity contribution in [2.45, 2.75) is 38.3 Å². The van der Waals surface area contributed by atoms with Gasteiger partial charge in [-0.2, -0.15) is 0 Å². The summed E-state index contributed by atoms with van der Waals surface area (Å²) in [5.41, 5.74) is 7.48. The maximum absolute atomic E-state index is 12.1. The number of nitrogens with zero attached hydrogens (tertiary/aromatic N) is 2. The number of hydrogen-bond acceptors (Lipinski definition) is 4. The van der Waals surface area contributed by atoms with Crippen LogP contribution in [0, 0.1) is 0 Å². The molecule has 1 aromatic heterocycles. The Kier molecular flexibility index (Phi) is 4.68. The van der Waals surface area contributed by atoms with Crippen molar-refractivity contribution in [1.29, 1.82) is 0 Å². The van der Waals surface area contributed by atoms with Crippen LogP contribution in [0.1, 0.15) is 43.0 Å². The first kappa shape index (κ1) is 14.5. The van der Waals surface area contributed by atoms with E-state index in [9.17, 15) is 9.59 Å². The fourth-order valence-corrected chi connectivity index (χ4v) is 2.67. The number of pyridine rings is 1. The van der Waals surface area contributed by atoms with E-state index in [1.165, 1.54) is 0 Å². The lowest BCUT2D eigenvalue weighted by Crippen LogP contribution is -2.31. The second kappa shape index (κ2) is 6.47. The Bertz CT molecular complexity index is 504. The van der Waals surface area contributed by atoms with Crippen molar-refractivity contribution >= 4 is 11.9 Å². The van der Waals surface area contributed by atoms with Crippen LogP contribution in [0.5, 0.6) is 0 Å². The van der Waals surface area contributed by atoms with Crippen molar-refractivity contribution in [3.8, 4) is 0 Å². The van der Waals surface area contributed by atoms with E-state index in [2.05, 4.69) is 4.98 Å². The number of rotatable bonds is 5. The zero-order valence-corrected chi connectivity index (χ0v) is 11.3. The molecule has 1 saturated heterocycles. The van der Waals surface area contributed by atoms with Gasteiger partial charge >= 0.3 is 5.97 Å². The molecule has 3 N–H and O–H groups in total. The molecular formula is C14H19N3O3. The van der Waals surface area contributed by atoms with Crippen molar-refractivity contribution in [2.24, 2.45) is 5.73 Å². The summed E-state index contributed by atoms with van der Waals surface area (Å²) in [7, 11) is 0. The van der Waals surface area contributed by atoms with Crippen molar-refractivity contribution < 1.29 is 14.7 Å². The van der Waals surface area contributed by atoms with E-state index in [-0.39, 0.29) is 24.8 Å². The minimum atomic E-state index is -0.946. The van der Waals surface area contributed by atoms with E-state index in [4.69, 9.17) is 10.8 Å². The van der Waals surface area contributed by atoms with Crippen molar-refractivity contribution in [2.75, 3.05) is 6.54 Å². The normalized spacial score (nSPS) is 18.2. The van der Waals surface area contributed by atoms with Gasteiger partial charge in [0.1, 0.15) is 0 Å². The number of aromatic nitrogens is 1. The first-order valence-electron chi connectivity index (χ1n) is 6.78. The zero-order valence-electron chi connectivity index (χ0n) is 11.3. The van der Waals surface area contributed by atoms with Crippen LogP contribution < -0.4 is 5.73 Å². The van der Waals surface area contributed by atoms with Crippen LogP contribution in [0.15, 0.2) is 18.3 Å². The summed E-state index contributed by atoms with van der Waals surface area (Å²) in [5, 5.41) is 8.67. The van der Waals surface area contributed by atoms with E-state index in [0.29, 0.717) is 13.1 Å². The second-order valence-corrected chi connectivity index (χ2v) is 4.88. The number of carbonyl (C=O) groups is 2. The van der Waals surface area contributed by atoms with Crippen molar-refractivity contribution in [1.82, 2.24) is 9.88 Å². The number of nitrogens with two attached hydrogens (primary N) is 1. The molecule has 1 aliphatic heterocycles. The summed E-state index contributed by atoms with van der Waals surface area (Å²) >= 11 is 0. The van der Waals surface area contributed by atoms with Crippen molar-refractivity contribution in [3.63, 3.8) is 0 Å². The Labute approximate surface area is 117 Å². The van der Waals surface area contributed by atoms with Crippen LogP contribution in [0.4, 0.5) is 0 Å². The fourth-order valence-electron chi connectivity index (χ4n) is 2.67. The third kappa shape index (κ3) is 3.14. The molecule has 6 heteroatoms. The van der Waals surface area contributed by atoms with E-state index < -0.39 is 5.97 Å². The van der Waals surface area contributed by atoms with E-state index >= 15 is 0 Å². The lowest BCUT2D eigenvalue weighted by Gasteiger charge is -2.26. The van der Waals surface area contributed by atoms with Crippen LogP contribution in [0.3, 0.4) is 0 Å². The van der Waals surface area contributed by atoms with Crippen LogP contribution in [-0.4, -0.2) is 33.4 Å². The predicted octanol–water partition coefficient (Wildman–Crippen LogP) is 1.07. The lowest BCUT2D eigenvalue weighted by molar-refractivity contribution is -0.141. The smallest absolute Gasteiger partial charge is 0.303 e. The van der Waals surface area contributed by atoms with Gasteiger partial charge in [0, 0.05) is 25.7 Å². The molecule has 20 heavy (non-hydrogen) atoms. The molecule has 6 nitrogen and oxygen atoms in total. The summed E-state index contributed by atoms with van der Waals surface area (Å²) in [4.78, 5) is 28.7. The van der Waals surface area contributed by atoms with Gasteiger partial charge in [0.05, 0.1) is 18.2 Å². The molecule has 108 valence electrons. The SMILES string of the molecule is NCc1ncccc1[C@@H]1CCCN1C(=O)CCC(=O)O. The molecule has 0 aromatic carbocycles. The topological polar surface area (TPSA) is 96.5 Å². The molecule has 1 amide bonds. The Morgan fingerprint density at radius 2 is 2.25 bits per heavy atom. The monoisotopic (exact) mass is 277 g/mol. The summed E-state index contributed by atoms with van der Waals surface area (Å²) in [6.07, 6.45) is 3.40. The maximum Gasteiger partial charge on any atom is 0.303 e. The molecule has 0 bridgehead atoms. The molecule has 1 fully saturated rings. The van der Waals surface area contributed by atoms with Gasteiger partial charge in [-0.15, -0.1) is 0 Å². The highest BCUT2D eigenvalue weighted by Crippen LogP contribution is 2.33. The van der Waals surface area contributed by atoms with Crippen LogP contribution in [0.2, 0.25) is 0 Å². The number of carboxylic acids is 1. The van der Waals surface area contributed by atoms with E-state index in [1.807, 2.05) is 12.1 Å². The van der Waals surface area contributed by atoms with Gasteiger partial charge in [-0.3, -0.25) is 14.6 Å². The van der Waals surface area contributed by atoms with Gasteiger partial charge in [-0.05, 0) is 24.5 Å². The van der Waals surface area contributed by atoms with Crippen LogP contribution >= 0.6 is 0 Å². The molecule has 1 atom stereocenters. The van der Waals surface area contributed by atoms with Gasteiger partial charge in [-0.25, -0.2) is 0 Å². The number of carboxylic acid groups (broad SMARTS) is 1. The number of amides is 1. The Morgan fingerprint density at radius 3 is 2.95 bits per heavy atom. The highest BCUT2D eigenvalue weighted by molar-refractivity contribution is 5.81. The molecule has 1 aromatic rings. The molecule has 0 radical (unpaired) electrons. The van der Waals surface area contributed by atoms with E-state index in [0.717, 1.165) is 24.1 Å². The number of likely N-dealkylation sites (tertiary alicyclic amines) is 1. The largest absolute Gasteiger partial charge is 0.481 e. The number of carbonyl (C=O) groups excluding carboxylic acids is 1. The highest BCUT2D eigenvalue weighted by Gasteiger charge is 2.31. The van der Waals surface area contributed by atoms with Gasteiger partial charge in [0.15, 0.2) is 0 Å². The first-order chi connectivity index (χ1) is 9.63. The van der Waals surface area contributed by atoms with Gasteiger partial charge in [0.25, 0.3) is 0 Å². The fraction of sp³-hybridized carbons (Fsp3) is 0.500. The van der Waals surface area contributed by atoms with E-state index in [1.54, 1.807) is 11.1 Å². The molecule has 0 spiro atoms. The summed E-state index contributed by atoms with van der Waals surface area (Å²) in [6.45, 7) is 1.01. The van der Waals surface area contributed by atoms with Crippen LogP contribution in [0.25, 0.3) is 0 Å². The molecular weight excluding hydrogens is 258 g/mol. The zero-order chi connectivity index (χ0) is 14.5. The Morgan fingerprint density at radius 1 is 1.45 bits per heavy atom. The average molecular weight is 277 g/mol. The molecule has 2 rings (SSSR count). The lowest BCUT2D eigenvalue weighted by atomic mass is 10.0. The third-order valence-electron chi connectivity index (χ3n) is 3.60. The number of hydrogen-bond donors (Lipinski definition) is 2. The predicted molar refractivity (Wildman–Crippen MR) is 72.7 cm³/mol. The molecule has 1 aliphatic rings. The first-order valence-corrected chi connectivity index (χ1v) is 6.78. The molecule has 0 aliphatic carbocycles. The molecule has 2 heterocycles. The minimum absolute atomic E-state index is 0.0245. The highest BCUT2D eigenvalue weighted by atomic mass is 16.4. The molecule has 0 unspecified atom stereocenters. The Hall–Kier alpha value is -1.95. The Balaban J connectivity index is 2.14. The average Bonchev–Trinajstić information content (AvgIpc) is 2.93. The second-order valence-electron chi connectivity index (χ2n) is 4.88. The van der Waals surface area contributed by atoms with Gasteiger partial charge < -0.3 is 15.7 Å². The quantitative estimate of drug-likeness (QED) is 0.839. The summed E-state index contributed by atoms with van der Waals surface area (Å²) < 4.78 is 0.